The highest BCUT2D eigenvalue weighted by molar-refractivity contribution is 5.90. The number of hydrogen-bond acceptors (Lipinski definition) is 3. The summed E-state index contributed by atoms with van der Waals surface area (Å²) in [5, 5.41) is 0. The minimum atomic E-state index is -0.460. The molecule has 0 N–H and O–H groups in total. The van der Waals surface area contributed by atoms with Crippen LogP contribution in [-0.4, -0.2) is 5.97 Å². The molecule has 16 heavy (non-hydrogen) atoms. The van der Waals surface area contributed by atoms with Gasteiger partial charge in [-0.25, -0.2) is 4.79 Å². The van der Waals surface area contributed by atoms with Gasteiger partial charge in [-0.05, 0) is 37.0 Å². The van der Waals surface area contributed by atoms with E-state index in [-0.39, 0.29) is 5.92 Å². The van der Waals surface area contributed by atoms with Gasteiger partial charge in [-0.3, -0.25) is 4.89 Å². The zero-order valence-electron chi connectivity index (χ0n) is 10.1. The smallest absolute Gasteiger partial charge is 0.292 e. The molecule has 0 saturated heterocycles. The van der Waals surface area contributed by atoms with Gasteiger partial charge in [-0.15, -0.1) is 0 Å². The summed E-state index contributed by atoms with van der Waals surface area (Å²) in [4.78, 5) is 21.0. The fraction of sp³-hybridized carbons (Fsp3) is 0.385. The Bertz CT molecular complexity index is 369. The van der Waals surface area contributed by atoms with Crippen LogP contribution in [0, 0.1) is 26.4 Å². The highest BCUT2D eigenvalue weighted by Crippen LogP contribution is 2.14. The van der Waals surface area contributed by atoms with Crippen molar-refractivity contribution in [2.75, 3.05) is 0 Å². The molecule has 0 saturated carbocycles. The predicted octanol–water partition coefficient (Wildman–Crippen LogP) is 3.21. The van der Waals surface area contributed by atoms with Crippen LogP contribution in [0.4, 0.5) is 0 Å². The molecule has 1 rings (SSSR count). The van der Waals surface area contributed by atoms with Gasteiger partial charge in [0.15, 0.2) is 0 Å². The van der Waals surface area contributed by atoms with Crippen LogP contribution in [0.5, 0.6) is 0 Å². The first-order valence-electron chi connectivity index (χ1n) is 5.29. The summed E-state index contributed by atoms with van der Waals surface area (Å²) in [5.74, 6) is -0.246. The van der Waals surface area contributed by atoms with Crippen LogP contribution in [0.25, 0.3) is 0 Å². The van der Waals surface area contributed by atoms with E-state index < -0.39 is 5.97 Å². The topological polar surface area (TPSA) is 35.5 Å². The van der Waals surface area contributed by atoms with E-state index in [4.69, 9.17) is 4.89 Å². The van der Waals surface area contributed by atoms with Crippen molar-refractivity contribution in [1.82, 2.24) is 0 Å². The third-order valence-corrected chi connectivity index (χ3v) is 2.28. The SMILES string of the molecule is Cc1cccc(C(=O)OO[CH]C(C)C)c1C. The van der Waals surface area contributed by atoms with Gasteiger partial charge in [-0.2, -0.15) is 4.89 Å². The maximum Gasteiger partial charge on any atom is 0.373 e. The van der Waals surface area contributed by atoms with E-state index in [1.165, 1.54) is 6.61 Å². The van der Waals surface area contributed by atoms with Crippen molar-refractivity contribution in [3.8, 4) is 0 Å². The van der Waals surface area contributed by atoms with Crippen LogP contribution < -0.4 is 0 Å². The minimum absolute atomic E-state index is 0.214. The van der Waals surface area contributed by atoms with Gasteiger partial charge < -0.3 is 0 Å². The molecule has 0 atom stereocenters. The standard InChI is InChI=1S/C13H17O3/c1-9(2)8-15-16-13(14)12-7-5-6-10(3)11(12)4/h5-9H,1-4H3. The first kappa shape index (κ1) is 12.7. The van der Waals surface area contributed by atoms with Crippen molar-refractivity contribution in [3.05, 3.63) is 41.5 Å². The maximum absolute atomic E-state index is 11.6. The Morgan fingerprint density at radius 2 is 2.00 bits per heavy atom. The molecule has 87 valence electrons. The van der Waals surface area contributed by atoms with Crippen LogP contribution in [0.2, 0.25) is 0 Å². The fourth-order valence-corrected chi connectivity index (χ4v) is 1.20. The average Bonchev–Trinajstić information content (AvgIpc) is 2.21. The largest absolute Gasteiger partial charge is 0.373 e. The summed E-state index contributed by atoms with van der Waals surface area (Å²) < 4.78 is 0. The summed E-state index contributed by atoms with van der Waals surface area (Å²) in [6, 6.07) is 5.50. The molecule has 0 aliphatic rings. The van der Waals surface area contributed by atoms with E-state index in [0.29, 0.717) is 5.56 Å². The molecule has 1 aromatic carbocycles. The predicted molar refractivity (Wildman–Crippen MR) is 61.6 cm³/mol. The lowest BCUT2D eigenvalue weighted by molar-refractivity contribution is -0.217. The Kier molecular flexibility index (Phi) is 4.50. The summed E-state index contributed by atoms with van der Waals surface area (Å²) in [6.45, 7) is 9.19. The van der Waals surface area contributed by atoms with Crippen molar-refractivity contribution in [3.63, 3.8) is 0 Å². The second-order valence-corrected chi connectivity index (χ2v) is 4.09. The number of hydrogen-bond donors (Lipinski definition) is 0. The molecule has 0 heterocycles. The van der Waals surface area contributed by atoms with Gasteiger partial charge in [0.2, 0.25) is 0 Å². The van der Waals surface area contributed by atoms with E-state index in [9.17, 15) is 4.79 Å². The fourth-order valence-electron chi connectivity index (χ4n) is 1.20. The zero-order valence-corrected chi connectivity index (χ0v) is 10.1. The van der Waals surface area contributed by atoms with Crippen molar-refractivity contribution >= 4 is 5.97 Å². The Hall–Kier alpha value is -1.35. The molecule has 0 aliphatic heterocycles. The summed E-state index contributed by atoms with van der Waals surface area (Å²) >= 11 is 0. The van der Waals surface area contributed by atoms with E-state index in [0.717, 1.165) is 11.1 Å². The number of benzene rings is 1. The summed E-state index contributed by atoms with van der Waals surface area (Å²) in [7, 11) is 0. The second-order valence-electron chi connectivity index (χ2n) is 4.09. The lowest BCUT2D eigenvalue weighted by Crippen LogP contribution is -2.08. The van der Waals surface area contributed by atoms with Crippen molar-refractivity contribution in [1.29, 1.82) is 0 Å². The van der Waals surface area contributed by atoms with Crippen molar-refractivity contribution in [2.45, 2.75) is 27.7 Å². The van der Waals surface area contributed by atoms with Gasteiger partial charge in [0.25, 0.3) is 0 Å². The van der Waals surface area contributed by atoms with Crippen LogP contribution >= 0.6 is 0 Å². The van der Waals surface area contributed by atoms with Crippen LogP contribution in [-0.2, 0) is 9.78 Å². The molecule has 0 amide bonds. The molecule has 0 unspecified atom stereocenters. The van der Waals surface area contributed by atoms with E-state index >= 15 is 0 Å². The van der Waals surface area contributed by atoms with Crippen molar-refractivity contribution in [2.24, 2.45) is 5.92 Å². The number of rotatable bonds is 4. The molecule has 3 nitrogen and oxygen atoms in total. The molecular formula is C13H17O3. The van der Waals surface area contributed by atoms with E-state index in [1.807, 2.05) is 39.8 Å². The van der Waals surface area contributed by atoms with Gasteiger partial charge in [0.1, 0.15) is 6.61 Å². The third kappa shape index (κ3) is 3.35. The van der Waals surface area contributed by atoms with Crippen molar-refractivity contribution < 1.29 is 14.6 Å². The van der Waals surface area contributed by atoms with Crippen LogP contribution in [0.15, 0.2) is 18.2 Å². The monoisotopic (exact) mass is 221 g/mol. The molecule has 1 radical (unpaired) electrons. The van der Waals surface area contributed by atoms with Crippen LogP contribution in [0.3, 0.4) is 0 Å². The zero-order chi connectivity index (χ0) is 12.1. The molecule has 3 heteroatoms. The Labute approximate surface area is 96.3 Å². The average molecular weight is 221 g/mol. The van der Waals surface area contributed by atoms with E-state index in [2.05, 4.69) is 4.89 Å². The van der Waals surface area contributed by atoms with Gasteiger partial charge >= 0.3 is 5.97 Å². The highest BCUT2D eigenvalue weighted by atomic mass is 17.2. The molecule has 0 spiro atoms. The first-order valence-corrected chi connectivity index (χ1v) is 5.29. The number of aryl methyl sites for hydroxylation is 1. The van der Waals surface area contributed by atoms with Gasteiger partial charge in [0, 0.05) is 0 Å². The Morgan fingerprint density at radius 3 is 2.62 bits per heavy atom. The molecule has 0 fully saturated rings. The number of carbonyl (C=O) groups excluding carboxylic acids is 1. The maximum atomic E-state index is 11.6. The highest BCUT2D eigenvalue weighted by Gasteiger charge is 2.12. The quantitative estimate of drug-likeness (QED) is 0.578. The molecule has 1 aromatic rings. The molecule has 0 aromatic heterocycles. The Balaban J connectivity index is 2.63. The summed E-state index contributed by atoms with van der Waals surface area (Å²) in [6.07, 6.45) is 0. The molecule has 0 aliphatic carbocycles. The van der Waals surface area contributed by atoms with E-state index in [1.54, 1.807) is 6.07 Å². The first-order chi connectivity index (χ1) is 7.52. The molecule has 0 bridgehead atoms. The van der Waals surface area contributed by atoms with Gasteiger partial charge in [0.05, 0.1) is 5.56 Å². The second kappa shape index (κ2) is 5.66. The van der Waals surface area contributed by atoms with Gasteiger partial charge in [-0.1, -0.05) is 26.0 Å². The minimum Gasteiger partial charge on any atom is -0.292 e. The number of carbonyl (C=O) groups is 1. The summed E-state index contributed by atoms with van der Waals surface area (Å²) in [5.41, 5.74) is 2.51. The normalized spacial score (nSPS) is 10.6. The Morgan fingerprint density at radius 1 is 1.31 bits per heavy atom. The lowest BCUT2D eigenvalue weighted by atomic mass is 10.0. The van der Waals surface area contributed by atoms with Crippen LogP contribution in [0.1, 0.15) is 35.3 Å². The third-order valence-electron chi connectivity index (χ3n) is 2.28. The molecular weight excluding hydrogens is 204 g/mol. The lowest BCUT2D eigenvalue weighted by Gasteiger charge is -2.08.